The molecule has 0 aliphatic carbocycles. The number of H-pyrrole nitrogens is 1. The number of aromatic amines is 1. The monoisotopic (exact) mass is 282 g/mol. The molecular formula is C13H22N4O3. The highest BCUT2D eigenvalue weighted by Gasteiger charge is 2.16. The van der Waals surface area contributed by atoms with Crippen LogP contribution in [0.4, 0.5) is 0 Å². The van der Waals surface area contributed by atoms with Crippen LogP contribution in [-0.2, 0) is 16.0 Å². The summed E-state index contributed by atoms with van der Waals surface area (Å²) < 4.78 is 0. The zero-order chi connectivity index (χ0) is 15.1. The van der Waals surface area contributed by atoms with Crippen LogP contribution in [0.25, 0.3) is 0 Å². The summed E-state index contributed by atoms with van der Waals surface area (Å²) >= 11 is 0. The number of carboxylic acid groups (broad SMARTS) is 1. The molecule has 0 bridgehead atoms. The maximum absolute atomic E-state index is 11.7. The third-order valence-corrected chi connectivity index (χ3v) is 2.82. The van der Waals surface area contributed by atoms with E-state index in [4.69, 9.17) is 5.11 Å². The van der Waals surface area contributed by atoms with Crippen molar-refractivity contribution in [3.05, 3.63) is 11.6 Å². The zero-order valence-corrected chi connectivity index (χ0v) is 12.1. The number of nitrogens with zero attached hydrogens (tertiary/aromatic N) is 2. The lowest BCUT2D eigenvalue weighted by Crippen LogP contribution is -2.32. The van der Waals surface area contributed by atoms with Crippen LogP contribution in [0.15, 0.2) is 0 Å². The molecule has 3 N–H and O–H groups in total. The number of carbonyl (C=O) groups excluding carboxylic acids is 1. The molecule has 0 fully saturated rings. The van der Waals surface area contributed by atoms with Crippen LogP contribution in [0.5, 0.6) is 0 Å². The molecule has 1 heterocycles. The van der Waals surface area contributed by atoms with E-state index in [1.807, 2.05) is 13.8 Å². The van der Waals surface area contributed by atoms with Gasteiger partial charge < -0.3 is 10.4 Å². The molecule has 1 aromatic rings. The van der Waals surface area contributed by atoms with Crippen LogP contribution in [0.2, 0.25) is 0 Å². The topological polar surface area (TPSA) is 108 Å². The minimum absolute atomic E-state index is 0.0506. The molecule has 1 atom stereocenters. The first-order valence-corrected chi connectivity index (χ1v) is 6.73. The number of amides is 1. The van der Waals surface area contributed by atoms with Crippen LogP contribution in [0.1, 0.15) is 38.3 Å². The largest absolute Gasteiger partial charge is 0.481 e. The van der Waals surface area contributed by atoms with Gasteiger partial charge in [0.25, 0.3) is 0 Å². The average Bonchev–Trinajstić information content (AvgIpc) is 2.70. The number of carboxylic acids is 1. The maximum Gasteiger partial charge on any atom is 0.303 e. The molecule has 0 unspecified atom stereocenters. The molecule has 1 aromatic heterocycles. The van der Waals surface area contributed by atoms with Crippen LogP contribution in [-0.4, -0.2) is 38.7 Å². The normalized spacial score (nSPS) is 12.4. The first-order valence-electron chi connectivity index (χ1n) is 6.73. The van der Waals surface area contributed by atoms with Crippen molar-refractivity contribution in [3.8, 4) is 0 Å². The van der Waals surface area contributed by atoms with Gasteiger partial charge in [-0.05, 0) is 25.2 Å². The molecule has 0 aliphatic heterocycles. The summed E-state index contributed by atoms with van der Waals surface area (Å²) in [4.78, 5) is 26.6. The molecule has 0 aromatic carbocycles. The van der Waals surface area contributed by atoms with Crippen molar-refractivity contribution in [1.29, 1.82) is 0 Å². The van der Waals surface area contributed by atoms with E-state index in [-0.39, 0.29) is 24.7 Å². The van der Waals surface area contributed by atoms with Crippen molar-refractivity contribution in [1.82, 2.24) is 20.5 Å². The average molecular weight is 282 g/mol. The predicted molar refractivity (Wildman–Crippen MR) is 73.0 cm³/mol. The van der Waals surface area contributed by atoms with Gasteiger partial charge in [0, 0.05) is 13.0 Å². The van der Waals surface area contributed by atoms with Crippen LogP contribution in [0, 0.1) is 18.8 Å². The second kappa shape index (κ2) is 7.62. The van der Waals surface area contributed by atoms with E-state index >= 15 is 0 Å². The van der Waals surface area contributed by atoms with Gasteiger partial charge in [0.15, 0.2) is 5.82 Å². The Morgan fingerprint density at radius 3 is 2.60 bits per heavy atom. The number of aryl methyl sites for hydroxylation is 1. The van der Waals surface area contributed by atoms with E-state index in [2.05, 4.69) is 20.5 Å². The highest BCUT2D eigenvalue weighted by molar-refractivity contribution is 5.77. The summed E-state index contributed by atoms with van der Waals surface area (Å²) in [5.74, 6) is 0.421. The molecule has 1 rings (SSSR count). The third kappa shape index (κ3) is 6.31. The SMILES string of the molecule is Cc1nc(CC(=O)NC[C@H](CC(=O)O)CC(C)C)n[nH]1. The van der Waals surface area contributed by atoms with Crippen LogP contribution >= 0.6 is 0 Å². The fourth-order valence-electron chi connectivity index (χ4n) is 2.08. The highest BCUT2D eigenvalue weighted by atomic mass is 16.4. The Labute approximate surface area is 118 Å². The van der Waals surface area contributed by atoms with Crippen molar-refractivity contribution in [2.75, 3.05) is 6.54 Å². The second-order valence-corrected chi connectivity index (χ2v) is 5.41. The Morgan fingerprint density at radius 2 is 2.10 bits per heavy atom. The summed E-state index contributed by atoms with van der Waals surface area (Å²) in [7, 11) is 0. The Bertz CT molecular complexity index is 456. The van der Waals surface area contributed by atoms with E-state index in [1.165, 1.54) is 0 Å². The van der Waals surface area contributed by atoms with Crippen molar-refractivity contribution < 1.29 is 14.7 Å². The minimum Gasteiger partial charge on any atom is -0.481 e. The predicted octanol–water partition coefficient (Wildman–Crippen LogP) is 0.909. The minimum atomic E-state index is -0.838. The Kier molecular flexibility index (Phi) is 6.14. The maximum atomic E-state index is 11.7. The summed E-state index contributed by atoms with van der Waals surface area (Å²) in [5.41, 5.74) is 0. The number of carbonyl (C=O) groups is 2. The van der Waals surface area contributed by atoms with Crippen LogP contribution < -0.4 is 5.32 Å². The van der Waals surface area contributed by atoms with Crippen LogP contribution in [0.3, 0.4) is 0 Å². The van der Waals surface area contributed by atoms with E-state index in [1.54, 1.807) is 6.92 Å². The van der Waals surface area contributed by atoms with Crippen molar-refractivity contribution in [3.63, 3.8) is 0 Å². The first-order chi connectivity index (χ1) is 9.36. The lowest BCUT2D eigenvalue weighted by molar-refractivity contribution is -0.138. The summed E-state index contributed by atoms with van der Waals surface area (Å²) in [6.45, 7) is 6.20. The highest BCUT2D eigenvalue weighted by Crippen LogP contribution is 2.14. The molecule has 0 saturated carbocycles. The Hall–Kier alpha value is -1.92. The first kappa shape index (κ1) is 16.1. The van der Waals surface area contributed by atoms with Gasteiger partial charge in [-0.15, -0.1) is 0 Å². The number of aliphatic carboxylic acids is 1. The molecule has 7 nitrogen and oxygen atoms in total. The molecule has 7 heteroatoms. The molecule has 0 saturated heterocycles. The van der Waals surface area contributed by atoms with Crippen molar-refractivity contribution >= 4 is 11.9 Å². The summed E-state index contributed by atoms with van der Waals surface area (Å²) in [6, 6.07) is 0. The standard InChI is InChI=1S/C13H22N4O3/c1-8(2)4-10(5-13(19)20)7-14-12(18)6-11-15-9(3)16-17-11/h8,10H,4-7H2,1-3H3,(H,14,18)(H,19,20)(H,15,16,17)/t10-/m0/s1. The number of hydrogen-bond donors (Lipinski definition) is 3. The van der Waals surface area contributed by atoms with Gasteiger partial charge in [-0.2, -0.15) is 5.10 Å². The number of aromatic nitrogens is 3. The Morgan fingerprint density at radius 1 is 1.40 bits per heavy atom. The fraction of sp³-hybridized carbons (Fsp3) is 0.692. The van der Waals surface area contributed by atoms with E-state index < -0.39 is 5.97 Å². The molecular weight excluding hydrogens is 260 g/mol. The van der Waals surface area contributed by atoms with E-state index in [0.717, 1.165) is 6.42 Å². The summed E-state index contributed by atoms with van der Waals surface area (Å²) in [6.07, 6.45) is 0.941. The van der Waals surface area contributed by atoms with Gasteiger partial charge in [0.1, 0.15) is 5.82 Å². The second-order valence-electron chi connectivity index (χ2n) is 5.41. The zero-order valence-electron chi connectivity index (χ0n) is 12.1. The third-order valence-electron chi connectivity index (χ3n) is 2.82. The number of rotatable bonds is 8. The van der Waals surface area contributed by atoms with Gasteiger partial charge >= 0.3 is 5.97 Å². The lowest BCUT2D eigenvalue weighted by Gasteiger charge is -2.17. The van der Waals surface area contributed by atoms with Gasteiger partial charge in [-0.25, -0.2) is 4.98 Å². The smallest absolute Gasteiger partial charge is 0.303 e. The van der Waals surface area contributed by atoms with Gasteiger partial charge in [0.05, 0.1) is 6.42 Å². The molecule has 0 aliphatic rings. The number of hydrogen-bond acceptors (Lipinski definition) is 4. The Balaban J connectivity index is 2.41. The molecule has 112 valence electrons. The summed E-state index contributed by atoms with van der Waals surface area (Å²) in [5, 5.41) is 18.2. The fourth-order valence-corrected chi connectivity index (χ4v) is 2.08. The molecule has 1 amide bonds. The van der Waals surface area contributed by atoms with Gasteiger partial charge in [-0.3, -0.25) is 14.7 Å². The molecule has 0 spiro atoms. The molecule has 20 heavy (non-hydrogen) atoms. The molecule has 0 radical (unpaired) electrons. The van der Waals surface area contributed by atoms with Crippen molar-refractivity contribution in [2.24, 2.45) is 11.8 Å². The lowest BCUT2D eigenvalue weighted by atomic mass is 9.94. The van der Waals surface area contributed by atoms with Gasteiger partial charge in [0.2, 0.25) is 5.91 Å². The van der Waals surface area contributed by atoms with E-state index in [0.29, 0.717) is 24.1 Å². The van der Waals surface area contributed by atoms with Crippen molar-refractivity contribution in [2.45, 2.75) is 40.0 Å². The van der Waals surface area contributed by atoms with Gasteiger partial charge in [-0.1, -0.05) is 13.8 Å². The van der Waals surface area contributed by atoms with E-state index in [9.17, 15) is 9.59 Å². The number of nitrogens with one attached hydrogen (secondary N) is 2. The quantitative estimate of drug-likeness (QED) is 0.656.